The Morgan fingerprint density at radius 2 is 2.00 bits per heavy atom. The highest BCUT2D eigenvalue weighted by atomic mass is 32.2. The SMILES string of the molecule is CSC(C)(C)CNC(C)c1ccc2c(c1)CCC2. The smallest absolute Gasteiger partial charge is 0.0292 e. The number of benzene rings is 1. The summed E-state index contributed by atoms with van der Waals surface area (Å²) in [5.74, 6) is 0. The van der Waals surface area contributed by atoms with Crippen LogP contribution in [0.4, 0.5) is 0 Å². The molecule has 0 radical (unpaired) electrons. The molecule has 2 heteroatoms. The third-order valence-electron chi connectivity index (χ3n) is 4.01. The number of thioether (sulfide) groups is 1. The molecule has 100 valence electrons. The highest BCUT2D eigenvalue weighted by Crippen LogP contribution is 2.26. The first-order valence-electron chi connectivity index (χ1n) is 6.92. The molecule has 1 aromatic carbocycles. The summed E-state index contributed by atoms with van der Waals surface area (Å²) in [6.07, 6.45) is 6.06. The Morgan fingerprint density at radius 1 is 1.28 bits per heavy atom. The molecule has 18 heavy (non-hydrogen) atoms. The van der Waals surface area contributed by atoms with Crippen molar-refractivity contribution in [1.82, 2.24) is 5.32 Å². The minimum atomic E-state index is 0.311. The molecule has 1 unspecified atom stereocenters. The molecule has 1 atom stereocenters. The molecule has 0 spiro atoms. The van der Waals surface area contributed by atoms with E-state index in [1.807, 2.05) is 11.8 Å². The van der Waals surface area contributed by atoms with Crippen LogP contribution >= 0.6 is 11.8 Å². The molecule has 0 amide bonds. The third-order valence-corrected chi connectivity index (χ3v) is 5.26. The van der Waals surface area contributed by atoms with Gasteiger partial charge in [0.2, 0.25) is 0 Å². The van der Waals surface area contributed by atoms with Crippen LogP contribution in [-0.4, -0.2) is 17.5 Å². The van der Waals surface area contributed by atoms with Crippen molar-refractivity contribution in [2.24, 2.45) is 0 Å². The van der Waals surface area contributed by atoms with E-state index in [0.717, 1.165) is 6.54 Å². The Hall–Kier alpha value is -0.470. The van der Waals surface area contributed by atoms with Gasteiger partial charge in [0, 0.05) is 17.3 Å². The van der Waals surface area contributed by atoms with E-state index in [-0.39, 0.29) is 0 Å². The lowest BCUT2D eigenvalue weighted by Gasteiger charge is -2.25. The molecule has 0 bridgehead atoms. The lowest BCUT2D eigenvalue weighted by atomic mass is 10.0. The second-order valence-electron chi connectivity index (χ2n) is 5.95. The Bertz CT molecular complexity index is 412. The lowest BCUT2D eigenvalue weighted by molar-refractivity contribution is 0.522. The Labute approximate surface area is 116 Å². The van der Waals surface area contributed by atoms with E-state index >= 15 is 0 Å². The molecule has 0 saturated carbocycles. The number of aryl methyl sites for hydroxylation is 2. The number of nitrogens with one attached hydrogen (secondary N) is 1. The summed E-state index contributed by atoms with van der Waals surface area (Å²) in [5, 5.41) is 3.66. The van der Waals surface area contributed by atoms with Gasteiger partial charge in [0.25, 0.3) is 0 Å². The molecule has 1 nitrogen and oxygen atoms in total. The van der Waals surface area contributed by atoms with Crippen molar-refractivity contribution in [1.29, 1.82) is 0 Å². The van der Waals surface area contributed by atoms with Gasteiger partial charge < -0.3 is 5.32 Å². The van der Waals surface area contributed by atoms with Gasteiger partial charge in [-0.3, -0.25) is 0 Å². The fraction of sp³-hybridized carbons (Fsp3) is 0.625. The van der Waals surface area contributed by atoms with Gasteiger partial charge in [-0.1, -0.05) is 18.2 Å². The van der Waals surface area contributed by atoms with Crippen LogP contribution in [0.3, 0.4) is 0 Å². The molecule has 0 fully saturated rings. The maximum Gasteiger partial charge on any atom is 0.0292 e. The first kappa shape index (κ1) is 14.0. The normalized spacial score (nSPS) is 16.7. The van der Waals surface area contributed by atoms with Gasteiger partial charge in [-0.05, 0) is 63.0 Å². The maximum absolute atomic E-state index is 3.66. The highest BCUT2D eigenvalue weighted by molar-refractivity contribution is 7.99. The van der Waals surface area contributed by atoms with E-state index in [4.69, 9.17) is 0 Å². The van der Waals surface area contributed by atoms with Crippen LogP contribution in [0.15, 0.2) is 18.2 Å². The molecule has 1 aromatic rings. The van der Waals surface area contributed by atoms with Crippen molar-refractivity contribution in [3.63, 3.8) is 0 Å². The lowest BCUT2D eigenvalue weighted by Crippen LogP contribution is -2.33. The van der Waals surface area contributed by atoms with Crippen LogP contribution in [-0.2, 0) is 12.8 Å². The van der Waals surface area contributed by atoms with Crippen molar-refractivity contribution in [2.45, 2.75) is 50.8 Å². The largest absolute Gasteiger partial charge is 0.309 e. The first-order valence-corrected chi connectivity index (χ1v) is 8.14. The Kier molecular flexibility index (Phi) is 4.39. The summed E-state index contributed by atoms with van der Waals surface area (Å²) >= 11 is 1.92. The minimum absolute atomic E-state index is 0.311. The summed E-state index contributed by atoms with van der Waals surface area (Å²) < 4.78 is 0.311. The Morgan fingerprint density at radius 3 is 2.72 bits per heavy atom. The molecular weight excluding hydrogens is 238 g/mol. The number of hydrogen-bond acceptors (Lipinski definition) is 2. The van der Waals surface area contributed by atoms with Gasteiger partial charge in [-0.2, -0.15) is 11.8 Å². The van der Waals surface area contributed by atoms with Gasteiger partial charge in [0.15, 0.2) is 0 Å². The van der Waals surface area contributed by atoms with E-state index in [9.17, 15) is 0 Å². The van der Waals surface area contributed by atoms with Crippen molar-refractivity contribution in [3.8, 4) is 0 Å². The topological polar surface area (TPSA) is 12.0 Å². The highest BCUT2D eigenvalue weighted by Gasteiger charge is 2.18. The minimum Gasteiger partial charge on any atom is -0.309 e. The predicted molar refractivity (Wildman–Crippen MR) is 82.5 cm³/mol. The predicted octanol–water partition coefficient (Wildman–Crippen LogP) is 3.97. The van der Waals surface area contributed by atoms with Crippen LogP contribution in [0.25, 0.3) is 0 Å². The number of rotatable bonds is 5. The summed E-state index contributed by atoms with van der Waals surface area (Å²) in [6, 6.07) is 7.48. The van der Waals surface area contributed by atoms with Gasteiger partial charge >= 0.3 is 0 Å². The monoisotopic (exact) mass is 263 g/mol. The molecule has 0 aliphatic heterocycles. The quantitative estimate of drug-likeness (QED) is 0.863. The van der Waals surface area contributed by atoms with E-state index in [0.29, 0.717) is 10.8 Å². The second-order valence-corrected chi connectivity index (χ2v) is 7.46. The molecule has 1 aliphatic rings. The van der Waals surface area contributed by atoms with Crippen LogP contribution < -0.4 is 5.32 Å². The van der Waals surface area contributed by atoms with Crippen LogP contribution in [0.5, 0.6) is 0 Å². The van der Waals surface area contributed by atoms with Crippen molar-refractivity contribution in [3.05, 3.63) is 34.9 Å². The molecule has 2 rings (SSSR count). The molecular formula is C16H25NS. The standard InChI is InChI=1S/C16H25NS/c1-12(17-11-16(2,3)18-4)14-9-8-13-6-5-7-15(13)10-14/h8-10,12,17H,5-7,11H2,1-4H3. The summed E-state index contributed by atoms with van der Waals surface area (Å²) in [7, 11) is 0. The molecule has 0 heterocycles. The summed E-state index contributed by atoms with van der Waals surface area (Å²) in [5.41, 5.74) is 4.58. The zero-order chi connectivity index (χ0) is 13.2. The van der Waals surface area contributed by atoms with Crippen molar-refractivity contribution >= 4 is 11.8 Å². The van der Waals surface area contributed by atoms with Gasteiger partial charge in [0.05, 0.1) is 0 Å². The zero-order valence-corrected chi connectivity index (χ0v) is 12.9. The van der Waals surface area contributed by atoms with Crippen LogP contribution in [0, 0.1) is 0 Å². The van der Waals surface area contributed by atoms with Crippen molar-refractivity contribution < 1.29 is 0 Å². The third kappa shape index (κ3) is 3.30. The van der Waals surface area contributed by atoms with Gasteiger partial charge in [0.1, 0.15) is 0 Å². The van der Waals surface area contributed by atoms with E-state index in [1.54, 1.807) is 11.1 Å². The van der Waals surface area contributed by atoms with Crippen LogP contribution in [0.1, 0.15) is 49.9 Å². The summed E-state index contributed by atoms with van der Waals surface area (Å²) in [4.78, 5) is 0. The fourth-order valence-electron chi connectivity index (χ4n) is 2.45. The number of fused-ring (bicyclic) bond motifs is 1. The fourth-order valence-corrected chi connectivity index (χ4v) is 2.68. The number of hydrogen-bond donors (Lipinski definition) is 1. The Balaban J connectivity index is 1.99. The molecule has 1 N–H and O–H groups in total. The van der Waals surface area contributed by atoms with Gasteiger partial charge in [-0.15, -0.1) is 0 Å². The second kappa shape index (κ2) is 5.66. The van der Waals surface area contributed by atoms with Gasteiger partial charge in [-0.25, -0.2) is 0 Å². The van der Waals surface area contributed by atoms with E-state index in [2.05, 4.69) is 50.5 Å². The summed E-state index contributed by atoms with van der Waals surface area (Å²) in [6.45, 7) is 7.90. The average molecular weight is 263 g/mol. The van der Waals surface area contributed by atoms with E-state index in [1.165, 1.54) is 24.8 Å². The average Bonchev–Trinajstić information content (AvgIpc) is 2.83. The maximum atomic E-state index is 3.66. The van der Waals surface area contributed by atoms with Crippen molar-refractivity contribution in [2.75, 3.05) is 12.8 Å². The first-order chi connectivity index (χ1) is 8.52. The zero-order valence-electron chi connectivity index (χ0n) is 12.0. The molecule has 0 saturated heterocycles. The molecule has 0 aromatic heterocycles. The van der Waals surface area contributed by atoms with Crippen LogP contribution in [0.2, 0.25) is 0 Å². The van der Waals surface area contributed by atoms with E-state index < -0.39 is 0 Å². The molecule has 1 aliphatic carbocycles.